The molecule has 16 heavy (non-hydrogen) atoms. The Bertz CT molecular complexity index is 369. The summed E-state index contributed by atoms with van der Waals surface area (Å²) in [6, 6.07) is 8.30. The van der Waals surface area contributed by atoms with Crippen molar-refractivity contribution in [2.24, 2.45) is 0 Å². The summed E-state index contributed by atoms with van der Waals surface area (Å²) < 4.78 is 5.30. The van der Waals surface area contributed by atoms with Crippen molar-refractivity contribution in [1.82, 2.24) is 5.32 Å². The minimum atomic E-state index is 0.560. The van der Waals surface area contributed by atoms with Gasteiger partial charge in [-0.15, -0.1) is 0 Å². The highest BCUT2D eigenvalue weighted by Crippen LogP contribution is 2.19. The Morgan fingerprint density at radius 1 is 1.38 bits per heavy atom. The van der Waals surface area contributed by atoms with Crippen LogP contribution in [-0.4, -0.2) is 20.2 Å². The summed E-state index contributed by atoms with van der Waals surface area (Å²) in [6.07, 6.45) is 1.49. The normalized spacial score (nSPS) is 9.81. The van der Waals surface area contributed by atoms with Gasteiger partial charge in [-0.05, 0) is 31.5 Å². The maximum Gasteiger partial charge on any atom is 0.122 e. The minimum absolute atomic E-state index is 0.560. The first-order chi connectivity index (χ1) is 7.77. The van der Waals surface area contributed by atoms with Crippen LogP contribution in [0, 0.1) is 18.3 Å². The molecule has 0 amide bonds. The summed E-state index contributed by atoms with van der Waals surface area (Å²) in [5.41, 5.74) is 2.46. The highest BCUT2D eigenvalue weighted by atomic mass is 16.5. The van der Waals surface area contributed by atoms with Crippen LogP contribution in [-0.2, 0) is 6.42 Å². The third-order valence-electron chi connectivity index (χ3n) is 2.42. The Balaban J connectivity index is 2.46. The molecule has 0 bridgehead atoms. The smallest absolute Gasteiger partial charge is 0.122 e. The van der Waals surface area contributed by atoms with E-state index in [1.54, 1.807) is 7.11 Å². The zero-order chi connectivity index (χ0) is 11.8. The molecule has 3 nitrogen and oxygen atoms in total. The number of benzene rings is 1. The van der Waals surface area contributed by atoms with E-state index in [-0.39, 0.29) is 0 Å². The van der Waals surface area contributed by atoms with Crippen LogP contribution >= 0.6 is 0 Å². The number of nitriles is 1. The molecule has 86 valence electrons. The van der Waals surface area contributed by atoms with Gasteiger partial charge in [-0.25, -0.2) is 0 Å². The van der Waals surface area contributed by atoms with Gasteiger partial charge in [0.15, 0.2) is 0 Å². The Hall–Kier alpha value is -1.53. The van der Waals surface area contributed by atoms with E-state index in [1.807, 2.05) is 12.1 Å². The summed E-state index contributed by atoms with van der Waals surface area (Å²) >= 11 is 0. The number of nitrogens with zero attached hydrogens (tertiary/aromatic N) is 1. The van der Waals surface area contributed by atoms with Gasteiger partial charge in [0.05, 0.1) is 13.2 Å². The lowest BCUT2D eigenvalue weighted by Crippen LogP contribution is -2.18. The second-order valence-corrected chi connectivity index (χ2v) is 3.72. The van der Waals surface area contributed by atoms with Crippen LogP contribution in [0.15, 0.2) is 18.2 Å². The molecule has 0 saturated heterocycles. The fourth-order valence-electron chi connectivity index (χ4n) is 1.60. The van der Waals surface area contributed by atoms with Crippen LogP contribution in [0.3, 0.4) is 0 Å². The van der Waals surface area contributed by atoms with Gasteiger partial charge in [0.25, 0.3) is 0 Å². The van der Waals surface area contributed by atoms with Crippen molar-refractivity contribution in [3.8, 4) is 11.8 Å². The molecule has 0 heterocycles. The lowest BCUT2D eigenvalue weighted by Gasteiger charge is -2.09. The number of rotatable bonds is 6. The second-order valence-electron chi connectivity index (χ2n) is 3.72. The molecule has 3 heteroatoms. The van der Waals surface area contributed by atoms with Gasteiger partial charge in [-0.2, -0.15) is 5.26 Å². The van der Waals surface area contributed by atoms with Crippen LogP contribution in [0.4, 0.5) is 0 Å². The molecule has 0 saturated carbocycles. The third kappa shape index (κ3) is 3.92. The van der Waals surface area contributed by atoms with Crippen LogP contribution in [0.2, 0.25) is 0 Å². The first-order valence-corrected chi connectivity index (χ1v) is 5.49. The van der Waals surface area contributed by atoms with Crippen molar-refractivity contribution in [1.29, 1.82) is 5.26 Å². The van der Waals surface area contributed by atoms with E-state index >= 15 is 0 Å². The summed E-state index contributed by atoms with van der Waals surface area (Å²) in [7, 11) is 1.69. The number of methoxy groups -OCH3 is 1. The Kier molecular flexibility index (Phi) is 5.38. The minimum Gasteiger partial charge on any atom is -0.496 e. The van der Waals surface area contributed by atoms with Crippen molar-refractivity contribution in [2.75, 3.05) is 20.2 Å². The molecule has 0 aliphatic heterocycles. The molecule has 0 aromatic heterocycles. The monoisotopic (exact) mass is 218 g/mol. The van der Waals surface area contributed by atoms with Crippen LogP contribution < -0.4 is 10.1 Å². The maximum absolute atomic E-state index is 8.39. The molecular formula is C13H18N2O. The predicted octanol–water partition coefficient (Wildman–Crippen LogP) is 2.05. The second kappa shape index (κ2) is 6.86. The van der Waals surface area contributed by atoms with E-state index in [9.17, 15) is 0 Å². The average molecular weight is 218 g/mol. The molecule has 1 N–H and O–H groups in total. The van der Waals surface area contributed by atoms with Crippen molar-refractivity contribution in [3.63, 3.8) is 0 Å². The number of hydrogen-bond acceptors (Lipinski definition) is 3. The Morgan fingerprint density at radius 2 is 2.19 bits per heavy atom. The van der Waals surface area contributed by atoms with Crippen molar-refractivity contribution in [2.45, 2.75) is 19.8 Å². The highest BCUT2D eigenvalue weighted by Gasteiger charge is 2.02. The SMILES string of the molecule is COc1ccc(C)cc1CCNCCC#N. The molecule has 1 rings (SSSR count). The van der Waals surface area contributed by atoms with Gasteiger partial charge in [0.1, 0.15) is 5.75 Å². The molecule has 1 aromatic carbocycles. The molecule has 0 fully saturated rings. The molecule has 0 atom stereocenters. The Labute approximate surface area is 97.0 Å². The number of ether oxygens (including phenoxy) is 1. The van der Waals surface area contributed by atoms with Gasteiger partial charge in [0.2, 0.25) is 0 Å². The van der Waals surface area contributed by atoms with Crippen LogP contribution in [0.5, 0.6) is 5.75 Å². The third-order valence-corrected chi connectivity index (χ3v) is 2.42. The summed E-state index contributed by atoms with van der Waals surface area (Å²) in [5.74, 6) is 0.938. The van der Waals surface area contributed by atoms with Gasteiger partial charge >= 0.3 is 0 Å². The molecule has 1 aromatic rings. The lowest BCUT2D eigenvalue weighted by atomic mass is 10.1. The first-order valence-electron chi connectivity index (χ1n) is 5.49. The van der Waals surface area contributed by atoms with E-state index in [0.29, 0.717) is 6.42 Å². The highest BCUT2D eigenvalue weighted by molar-refractivity contribution is 5.37. The van der Waals surface area contributed by atoms with Crippen LogP contribution in [0.25, 0.3) is 0 Å². The van der Waals surface area contributed by atoms with E-state index < -0.39 is 0 Å². The quantitative estimate of drug-likeness (QED) is 0.743. The Morgan fingerprint density at radius 3 is 2.88 bits per heavy atom. The van der Waals surface area contributed by atoms with Gasteiger partial charge in [0, 0.05) is 13.0 Å². The zero-order valence-electron chi connectivity index (χ0n) is 9.92. The van der Waals surface area contributed by atoms with Crippen molar-refractivity contribution >= 4 is 0 Å². The number of hydrogen-bond donors (Lipinski definition) is 1. The van der Waals surface area contributed by atoms with Gasteiger partial charge in [-0.1, -0.05) is 17.7 Å². The lowest BCUT2D eigenvalue weighted by molar-refractivity contribution is 0.409. The summed E-state index contributed by atoms with van der Waals surface area (Å²) in [6.45, 7) is 3.71. The molecule has 0 unspecified atom stereocenters. The molecule has 0 aliphatic carbocycles. The first kappa shape index (κ1) is 12.5. The zero-order valence-corrected chi connectivity index (χ0v) is 9.92. The maximum atomic E-state index is 8.39. The van der Waals surface area contributed by atoms with E-state index in [1.165, 1.54) is 11.1 Å². The van der Waals surface area contributed by atoms with E-state index in [2.05, 4.69) is 24.4 Å². The largest absolute Gasteiger partial charge is 0.496 e. The number of nitrogens with one attached hydrogen (secondary N) is 1. The molecule has 0 radical (unpaired) electrons. The topological polar surface area (TPSA) is 45.0 Å². The van der Waals surface area contributed by atoms with Gasteiger partial charge in [-0.3, -0.25) is 0 Å². The number of aryl methyl sites for hydroxylation is 1. The summed E-state index contributed by atoms with van der Waals surface area (Å²) in [5, 5.41) is 11.6. The van der Waals surface area contributed by atoms with E-state index in [4.69, 9.17) is 10.00 Å². The molecule has 0 aliphatic rings. The van der Waals surface area contributed by atoms with Crippen molar-refractivity contribution < 1.29 is 4.74 Å². The standard InChI is InChI=1S/C13H18N2O/c1-11-4-5-13(16-2)12(10-11)6-9-15-8-3-7-14/h4-5,10,15H,3,6,8-9H2,1-2H3. The van der Waals surface area contributed by atoms with E-state index in [0.717, 1.165) is 25.3 Å². The predicted molar refractivity (Wildman–Crippen MR) is 64.5 cm³/mol. The van der Waals surface area contributed by atoms with Crippen LogP contribution in [0.1, 0.15) is 17.5 Å². The average Bonchev–Trinajstić information content (AvgIpc) is 2.29. The fourth-order valence-corrected chi connectivity index (χ4v) is 1.60. The summed E-state index contributed by atoms with van der Waals surface area (Å²) in [4.78, 5) is 0. The van der Waals surface area contributed by atoms with Crippen molar-refractivity contribution in [3.05, 3.63) is 29.3 Å². The fraction of sp³-hybridized carbons (Fsp3) is 0.462. The molecular weight excluding hydrogens is 200 g/mol. The van der Waals surface area contributed by atoms with Gasteiger partial charge < -0.3 is 10.1 Å². The molecule has 0 spiro atoms.